The van der Waals surface area contributed by atoms with Crippen LogP contribution >= 0.6 is 11.6 Å². The van der Waals surface area contributed by atoms with Crippen molar-refractivity contribution in [2.75, 3.05) is 26.0 Å². The summed E-state index contributed by atoms with van der Waals surface area (Å²) < 4.78 is 17.3. The minimum absolute atomic E-state index is 0.380. The van der Waals surface area contributed by atoms with Crippen molar-refractivity contribution in [1.82, 2.24) is 10.3 Å². The second-order valence-corrected chi connectivity index (χ2v) is 9.06. The van der Waals surface area contributed by atoms with Gasteiger partial charge in [0.15, 0.2) is 0 Å². The lowest BCUT2D eigenvalue weighted by atomic mass is 10.1. The van der Waals surface area contributed by atoms with Crippen LogP contribution in [0, 0.1) is 13.8 Å². The number of aliphatic hydroxyl groups is 1. The molecule has 2 unspecified atom stereocenters. The molecular weight excluding hydrogens is 408 g/mol. The summed E-state index contributed by atoms with van der Waals surface area (Å²) in [5.41, 5.74) is 5.05. The molecule has 0 aliphatic carbocycles. The molecule has 1 aromatic heterocycles. The Hall–Kier alpha value is -1.70. The molecular formula is C22H27ClN2O3S. The van der Waals surface area contributed by atoms with Gasteiger partial charge in [-0.05, 0) is 49.2 Å². The van der Waals surface area contributed by atoms with Crippen LogP contribution in [-0.4, -0.2) is 40.6 Å². The van der Waals surface area contributed by atoms with E-state index in [4.69, 9.17) is 16.3 Å². The van der Waals surface area contributed by atoms with Crippen LogP contribution in [0.15, 0.2) is 36.4 Å². The number of aromatic amines is 1. The van der Waals surface area contributed by atoms with E-state index in [0.717, 1.165) is 22.4 Å². The maximum Gasteiger partial charge on any atom is 0.131 e. The number of H-pyrrole nitrogens is 1. The normalized spacial score (nSPS) is 13.6. The number of hydrogen-bond acceptors (Lipinski definition) is 4. The number of ether oxygens (including phenoxy) is 1. The van der Waals surface area contributed by atoms with Crippen molar-refractivity contribution in [2.24, 2.45) is 0 Å². The van der Waals surface area contributed by atoms with Crippen molar-refractivity contribution in [3.05, 3.63) is 63.8 Å². The molecule has 0 saturated heterocycles. The van der Waals surface area contributed by atoms with E-state index in [2.05, 4.69) is 30.2 Å². The zero-order valence-corrected chi connectivity index (χ0v) is 18.5. The summed E-state index contributed by atoms with van der Waals surface area (Å²) in [5, 5.41) is 15.4. The van der Waals surface area contributed by atoms with E-state index >= 15 is 0 Å². The van der Waals surface area contributed by atoms with Gasteiger partial charge in [0.25, 0.3) is 0 Å². The number of aromatic nitrogens is 1. The van der Waals surface area contributed by atoms with Crippen LogP contribution in [0.2, 0.25) is 5.02 Å². The second kappa shape index (κ2) is 9.87. The Balaban J connectivity index is 1.47. The zero-order valence-electron chi connectivity index (χ0n) is 16.9. The monoisotopic (exact) mass is 434 g/mol. The number of hydrogen-bond donors (Lipinski definition) is 3. The van der Waals surface area contributed by atoms with Crippen LogP contribution in [0.4, 0.5) is 0 Å². The molecule has 29 heavy (non-hydrogen) atoms. The first-order valence-electron chi connectivity index (χ1n) is 9.54. The van der Waals surface area contributed by atoms with Crippen LogP contribution in [-0.2, 0) is 16.9 Å². The topological polar surface area (TPSA) is 80.3 Å². The number of nitrogens with one attached hydrogen (secondary N) is 2. The highest BCUT2D eigenvalue weighted by molar-refractivity contribution is 7.89. The molecule has 3 rings (SSSR count). The molecule has 0 fully saturated rings. The third-order valence-electron chi connectivity index (χ3n) is 4.98. The van der Waals surface area contributed by atoms with E-state index in [0.29, 0.717) is 30.5 Å². The van der Waals surface area contributed by atoms with Gasteiger partial charge in [-0.15, -0.1) is 0 Å². The Labute approximate surface area is 179 Å². The molecule has 0 aliphatic rings. The molecule has 0 spiro atoms. The summed E-state index contributed by atoms with van der Waals surface area (Å²) in [5.74, 6) is 1.20. The van der Waals surface area contributed by atoms with E-state index in [1.54, 1.807) is 18.4 Å². The van der Waals surface area contributed by atoms with Crippen LogP contribution in [0.1, 0.15) is 28.5 Å². The average Bonchev–Trinajstić information content (AvgIpc) is 2.96. The van der Waals surface area contributed by atoms with Gasteiger partial charge in [0, 0.05) is 46.3 Å². The first kappa shape index (κ1) is 22.0. The summed E-state index contributed by atoms with van der Waals surface area (Å²) >= 11 is 5.16. The van der Waals surface area contributed by atoms with Gasteiger partial charge in [-0.2, -0.15) is 0 Å². The Morgan fingerprint density at radius 2 is 2.03 bits per heavy atom. The van der Waals surface area contributed by atoms with E-state index in [1.807, 2.05) is 18.2 Å². The summed E-state index contributed by atoms with van der Waals surface area (Å²) in [6.45, 7) is 5.67. The van der Waals surface area contributed by atoms with Crippen LogP contribution < -0.4 is 10.1 Å². The number of aryl methyl sites for hydroxylation is 2. The van der Waals surface area contributed by atoms with E-state index in [1.165, 1.54) is 16.6 Å². The first-order valence-corrected chi connectivity index (χ1v) is 11.6. The fraction of sp³-hybridized carbons (Fsp3) is 0.364. The largest absolute Gasteiger partial charge is 0.616 e. The predicted molar refractivity (Wildman–Crippen MR) is 120 cm³/mol. The van der Waals surface area contributed by atoms with Crippen molar-refractivity contribution >= 4 is 33.7 Å². The van der Waals surface area contributed by atoms with Gasteiger partial charge in [0.05, 0.1) is 12.4 Å². The van der Waals surface area contributed by atoms with Crippen LogP contribution in [0.5, 0.6) is 5.75 Å². The fourth-order valence-corrected chi connectivity index (χ4v) is 4.21. The number of halogens is 1. The van der Waals surface area contributed by atoms with Crippen LogP contribution in [0.3, 0.4) is 0 Å². The summed E-state index contributed by atoms with van der Waals surface area (Å²) in [6.07, 6.45) is 0.967. The molecule has 0 aliphatic heterocycles. The lowest BCUT2D eigenvalue weighted by Crippen LogP contribution is -2.26. The summed E-state index contributed by atoms with van der Waals surface area (Å²) in [4.78, 5) is 3.36. The maximum atomic E-state index is 11.5. The number of fused-ring (bicyclic) bond motifs is 1. The van der Waals surface area contributed by atoms with Crippen molar-refractivity contribution in [3.8, 4) is 5.75 Å². The Morgan fingerprint density at radius 1 is 1.24 bits per heavy atom. The second-order valence-electron chi connectivity index (χ2n) is 7.22. The Kier molecular flexibility index (Phi) is 7.49. The standard InChI is InChI=1S/C22H27ClN2O3S/c1-14-15(2)25-21-11-18(5-6-19(14)21)28-9-8-24-12-22(26)16-4-7-20(23)17(10-16)13-29(3)27/h4-7,10-11,22,24-26H,8-9,12-13H2,1-3H3. The average molecular weight is 435 g/mol. The molecule has 3 aromatic rings. The summed E-state index contributed by atoms with van der Waals surface area (Å²) in [7, 11) is 0. The van der Waals surface area contributed by atoms with Crippen molar-refractivity contribution in [2.45, 2.75) is 25.7 Å². The highest BCUT2D eigenvalue weighted by Gasteiger charge is 2.12. The van der Waals surface area contributed by atoms with Gasteiger partial charge >= 0.3 is 0 Å². The highest BCUT2D eigenvalue weighted by Crippen LogP contribution is 2.25. The van der Waals surface area contributed by atoms with E-state index < -0.39 is 17.3 Å². The number of benzene rings is 2. The SMILES string of the molecule is Cc1[nH]c2cc(OCCNCC(O)c3ccc(Cl)c(C[S+](C)[O-])c3)ccc2c1C. The maximum absolute atomic E-state index is 11.5. The Bertz CT molecular complexity index is 974. The van der Waals surface area contributed by atoms with Gasteiger partial charge in [0.2, 0.25) is 0 Å². The van der Waals surface area contributed by atoms with Crippen molar-refractivity contribution in [1.29, 1.82) is 0 Å². The van der Waals surface area contributed by atoms with Crippen LogP contribution in [0.25, 0.3) is 10.9 Å². The molecule has 5 nitrogen and oxygen atoms in total. The fourth-order valence-electron chi connectivity index (χ4n) is 3.27. The molecule has 0 amide bonds. The third kappa shape index (κ3) is 5.68. The minimum Gasteiger partial charge on any atom is -0.616 e. The minimum atomic E-state index is -0.984. The molecule has 1 heterocycles. The lowest BCUT2D eigenvalue weighted by molar-refractivity contribution is 0.172. The van der Waals surface area contributed by atoms with Crippen molar-refractivity contribution < 1.29 is 14.4 Å². The molecule has 3 N–H and O–H groups in total. The zero-order chi connectivity index (χ0) is 21.0. The first-order chi connectivity index (χ1) is 13.8. The molecule has 0 bridgehead atoms. The van der Waals surface area contributed by atoms with Crippen molar-refractivity contribution in [3.63, 3.8) is 0 Å². The quantitative estimate of drug-likeness (QED) is 0.351. The molecule has 7 heteroatoms. The molecule has 2 aromatic carbocycles. The molecule has 2 atom stereocenters. The van der Waals surface area contributed by atoms with Gasteiger partial charge in [-0.3, -0.25) is 0 Å². The van der Waals surface area contributed by atoms with E-state index in [-0.39, 0.29) is 0 Å². The van der Waals surface area contributed by atoms with Gasteiger partial charge in [0.1, 0.15) is 18.1 Å². The number of aliphatic hydroxyl groups excluding tert-OH is 1. The van der Waals surface area contributed by atoms with E-state index in [9.17, 15) is 9.66 Å². The highest BCUT2D eigenvalue weighted by atomic mass is 35.5. The lowest BCUT2D eigenvalue weighted by Gasteiger charge is -2.15. The predicted octanol–water partition coefficient (Wildman–Crippen LogP) is 4.02. The molecule has 0 radical (unpaired) electrons. The number of rotatable bonds is 9. The third-order valence-corrected chi connectivity index (χ3v) is 6.06. The van der Waals surface area contributed by atoms with Gasteiger partial charge in [-0.1, -0.05) is 28.8 Å². The Morgan fingerprint density at radius 3 is 2.79 bits per heavy atom. The van der Waals surface area contributed by atoms with Gasteiger partial charge in [-0.25, -0.2) is 0 Å². The molecule has 156 valence electrons. The smallest absolute Gasteiger partial charge is 0.131 e. The molecule has 0 saturated carbocycles. The van der Waals surface area contributed by atoms with Gasteiger partial charge < -0.3 is 24.7 Å². The summed E-state index contributed by atoms with van der Waals surface area (Å²) in [6, 6.07) is 11.4.